The molecule has 0 atom stereocenters. The summed E-state index contributed by atoms with van der Waals surface area (Å²) >= 11 is 1.51. The van der Waals surface area contributed by atoms with Crippen LogP contribution >= 0.6 is 11.3 Å². The monoisotopic (exact) mass is 355 g/mol. The van der Waals surface area contributed by atoms with Gasteiger partial charge in [0.25, 0.3) is 0 Å². The predicted octanol–water partition coefficient (Wildman–Crippen LogP) is 3.29. The number of benzene rings is 1. The lowest BCUT2D eigenvalue weighted by atomic mass is 9.86. The van der Waals surface area contributed by atoms with Crippen LogP contribution in [0, 0.1) is 5.82 Å². The van der Waals surface area contributed by atoms with Crippen molar-refractivity contribution in [2.24, 2.45) is 0 Å². The van der Waals surface area contributed by atoms with Gasteiger partial charge in [0.15, 0.2) is 10.8 Å². The number of pyridine rings is 1. The second-order valence-corrected chi connectivity index (χ2v) is 7.30. The Morgan fingerprint density at radius 2 is 2.20 bits per heavy atom. The predicted molar refractivity (Wildman–Crippen MR) is 95.6 cm³/mol. The molecule has 5 rings (SSSR count). The van der Waals surface area contributed by atoms with E-state index in [9.17, 15) is 9.18 Å². The first-order chi connectivity index (χ1) is 12.2. The summed E-state index contributed by atoms with van der Waals surface area (Å²) < 4.78 is 16.0. The van der Waals surface area contributed by atoms with Gasteiger partial charge < -0.3 is 10.3 Å². The maximum absolute atomic E-state index is 13.3. The number of hydrogen-bond acceptors (Lipinski definition) is 5. The van der Waals surface area contributed by atoms with Crippen molar-refractivity contribution in [2.45, 2.75) is 24.9 Å². The van der Waals surface area contributed by atoms with Crippen LogP contribution in [0.4, 0.5) is 9.52 Å². The van der Waals surface area contributed by atoms with E-state index in [1.54, 1.807) is 16.8 Å². The molecule has 0 radical (unpaired) electrons. The van der Waals surface area contributed by atoms with Gasteiger partial charge in [-0.3, -0.25) is 4.57 Å². The van der Waals surface area contributed by atoms with E-state index in [4.69, 9.17) is 0 Å². The average molecular weight is 355 g/mol. The summed E-state index contributed by atoms with van der Waals surface area (Å²) in [5.41, 5.74) is 2.01. The summed E-state index contributed by atoms with van der Waals surface area (Å²) in [5, 5.41) is 4.17. The number of thiazole rings is 1. The maximum atomic E-state index is 13.3. The Labute approximate surface area is 145 Å². The van der Waals surface area contributed by atoms with Crippen LogP contribution in [0.3, 0.4) is 0 Å². The van der Waals surface area contributed by atoms with Crippen LogP contribution in [-0.2, 0) is 0 Å². The van der Waals surface area contributed by atoms with Gasteiger partial charge in [-0.25, -0.2) is 19.2 Å². The SMILES string of the molecule is O=c1[nH]c2cccnc2n1C1CC(Nc2nc3cc(F)ccc3s2)C1. The molecular formula is C17H14FN5OS. The number of aromatic nitrogens is 4. The van der Waals surface area contributed by atoms with Crippen molar-refractivity contribution >= 4 is 37.8 Å². The average Bonchev–Trinajstić information content (AvgIpc) is 3.10. The van der Waals surface area contributed by atoms with Crippen LogP contribution in [0.15, 0.2) is 41.3 Å². The van der Waals surface area contributed by atoms with Gasteiger partial charge in [0, 0.05) is 24.3 Å². The number of anilines is 1. The molecule has 1 fully saturated rings. The Morgan fingerprint density at radius 1 is 1.32 bits per heavy atom. The summed E-state index contributed by atoms with van der Waals surface area (Å²) in [4.78, 5) is 23.8. The zero-order valence-electron chi connectivity index (χ0n) is 13.1. The fraction of sp³-hybridized carbons (Fsp3) is 0.235. The largest absolute Gasteiger partial charge is 0.359 e. The molecule has 0 amide bonds. The van der Waals surface area contributed by atoms with E-state index >= 15 is 0 Å². The third kappa shape index (κ3) is 2.41. The lowest BCUT2D eigenvalue weighted by Gasteiger charge is -2.36. The van der Waals surface area contributed by atoms with Crippen molar-refractivity contribution in [3.8, 4) is 0 Å². The molecular weight excluding hydrogens is 341 g/mol. The molecule has 1 aliphatic rings. The van der Waals surface area contributed by atoms with E-state index in [1.807, 2.05) is 12.1 Å². The van der Waals surface area contributed by atoms with E-state index in [0.717, 1.165) is 28.2 Å². The third-order valence-corrected chi connectivity index (χ3v) is 5.60. The van der Waals surface area contributed by atoms with Crippen molar-refractivity contribution in [3.63, 3.8) is 0 Å². The highest BCUT2D eigenvalue weighted by atomic mass is 32.1. The molecule has 0 spiro atoms. The fourth-order valence-electron chi connectivity index (χ4n) is 3.35. The molecule has 0 unspecified atom stereocenters. The highest BCUT2D eigenvalue weighted by Crippen LogP contribution is 2.36. The highest BCUT2D eigenvalue weighted by molar-refractivity contribution is 7.22. The lowest BCUT2D eigenvalue weighted by molar-refractivity contribution is 0.282. The maximum Gasteiger partial charge on any atom is 0.327 e. The zero-order valence-corrected chi connectivity index (χ0v) is 13.9. The Kier molecular flexibility index (Phi) is 3.14. The molecule has 8 heteroatoms. The van der Waals surface area contributed by atoms with Crippen LogP contribution in [0.2, 0.25) is 0 Å². The van der Waals surface area contributed by atoms with Crippen molar-refractivity contribution < 1.29 is 4.39 Å². The standard InChI is InChI=1S/C17H14FN5OS/c18-9-3-4-14-13(6-9)21-16(25-14)20-10-7-11(8-10)23-15-12(22-17(23)24)2-1-5-19-15/h1-6,10-11H,7-8H2,(H,20,21)(H,22,24). The van der Waals surface area contributed by atoms with Gasteiger partial charge in [-0.2, -0.15) is 0 Å². The van der Waals surface area contributed by atoms with Crippen molar-refractivity contribution in [3.05, 3.63) is 52.8 Å². The second kappa shape index (κ2) is 5.38. The Morgan fingerprint density at radius 3 is 3.08 bits per heavy atom. The van der Waals surface area contributed by atoms with E-state index in [-0.39, 0.29) is 23.6 Å². The molecule has 3 heterocycles. The van der Waals surface area contributed by atoms with Crippen molar-refractivity contribution in [2.75, 3.05) is 5.32 Å². The fourth-order valence-corrected chi connectivity index (χ4v) is 4.27. The summed E-state index contributed by atoms with van der Waals surface area (Å²) in [7, 11) is 0. The zero-order chi connectivity index (χ0) is 17.0. The molecule has 3 aromatic heterocycles. The molecule has 0 aliphatic heterocycles. The van der Waals surface area contributed by atoms with Gasteiger partial charge in [-0.05, 0) is 37.1 Å². The molecule has 2 N–H and O–H groups in total. The summed E-state index contributed by atoms with van der Waals surface area (Å²) in [5.74, 6) is -0.278. The lowest BCUT2D eigenvalue weighted by Crippen LogP contribution is -2.40. The van der Waals surface area contributed by atoms with Crippen LogP contribution in [0.1, 0.15) is 18.9 Å². The van der Waals surface area contributed by atoms with Crippen LogP contribution < -0.4 is 11.0 Å². The van der Waals surface area contributed by atoms with Gasteiger partial charge in [0.05, 0.1) is 15.7 Å². The quantitative estimate of drug-likeness (QED) is 0.591. The van der Waals surface area contributed by atoms with Gasteiger partial charge in [-0.15, -0.1) is 0 Å². The minimum atomic E-state index is -0.278. The molecule has 126 valence electrons. The first kappa shape index (κ1) is 14.6. The summed E-state index contributed by atoms with van der Waals surface area (Å²) in [6.07, 6.45) is 3.35. The highest BCUT2D eigenvalue weighted by Gasteiger charge is 2.33. The second-order valence-electron chi connectivity index (χ2n) is 6.27. The minimum absolute atomic E-state index is 0.118. The molecule has 1 saturated carbocycles. The number of halogens is 1. The Bertz CT molecular complexity index is 1140. The summed E-state index contributed by atoms with van der Waals surface area (Å²) in [6, 6.07) is 8.67. The molecule has 0 saturated heterocycles. The van der Waals surface area contributed by atoms with Crippen LogP contribution in [0.5, 0.6) is 0 Å². The molecule has 6 nitrogen and oxygen atoms in total. The van der Waals surface area contributed by atoms with Gasteiger partial charge in [0.1, 0.15) is 5.82 Å². The van der Waals surface area contributed by atoms with Crippen LogP contribution in [-0.4, -0.2) is 25.6 Å². The van der Waals surface area contributed by atoms with Gasteiger partial charge >= 0.3 is 5.69 Å². The topological polar surface area (TPSA) is 75.6 Å². The normalized spacial score (nSPS) is 20.0. The first-order valence-electron chi connectivity index (χ1n) is 8.05. The minimum Gasteiger partial charge on any atom is -0.359 e. The van der Waals surface area contributed by atoms with Crippen LogP contribution in [0.25, 0.3) is 21.4 Å². The number of nitrogens with zero attached hydrogens (tertiary/aromatic N) is 3. The van der Waals surface area contributed by atoms with E-state index in [2.05, 4.69) is 20.3 Å². The molecule has 1 aliphatic carbocycles. The Balaban J connectivity index is 1.34. The number of rotatable bonds is 3. The molecule has 1 aromatic carbocycles. The van der Waals surface area contributed by atoms with Gasteiger partial charge in [0.2, 0.25) is 0 Å². The first-order valence-corrected chi connectivity index (χ1v) is 8.87. The third-order valence-electron chi connectivity index (χ3n) is 4.63. The number of fused-ring (bicyclic) bond motifs is 2. The van der Waals surface area contributed by atoms with Crippen molar-refractivity contribution in [1.29, 1.82) is 0 Å². The smallest absolute Gasteiger partial charge is 0.327 e. The molecule has 4 aromatic rings. The Hall–Kier alpha value is -2.74. The number of nitrogens with one attached hydrogen (secondary N) is 2. The van der Waals surface area contributed by atoms with E-state index in [0.29, 0.717) is 11.2 Å². The number of imidazole rings is 1. The molecule has 25 heavy (non-hydrogen) atoms. The number of aromatic amines is 1. The summed E-state index contributed by atoms with van der Waals surface area (Å²) in [6.45, 7) is 0. The number of H-pyrrole nitrogens is 1. The van der Waals surface area contributed by atoms with Gasteiger partial charge in [-0.1, -0.05) is 11.3 Å². The van der Waals surface area contributed by atoms with Crippen molar-refractivity contribution in [1.82, 2.24) is 19.5 Å². The van der Waals surface area contributed by atoms with E-state index < -0.39 is 0 Å². The van der Waals surface area contributed by atoms with E-state index in [1.165, 1.54) is 23.5 Å². The molecule has 0 bridgehead atoms. The number of hydrogen-bond donors (Lipinski definition) is 2.